The number of nitrogens with two attached hydrogens (primary N) is 1. The minimum atomic E-state index is 0.398. The van der Waals surface area contributed by atoms with Gasteiger partial charge in [0.1, 0.15) is 5.69 Å². The summed E-state index contributed by atoms with van der Waals surface area (Å²) >= 11 is 1.60. The van der Waals surface area contributed by atoms with Gasteiger partial charge in [-0.25, -0.2) is 15.0 Å². The van der Waals surface area contributed by atoms with Crippen molar-refractivity contribution >= 4 is 28.7 Å². The van der Waals surface area contributed by atoms with E-state index < -0.39 is 0 Å². The number of rotatable bonds is 5. The van der Waals surface area contributed by atoms with Crippen LogP contribution in [-0.2, 0) is 13.5 Å². The van der Waals surface area contributed by atoms with Crippen molar-refractivity contribution in [2.75, 3.05) is 11.5 Å². The van der Waals surface area contributed by atoms with Gasteiger partial charge in [0.15, 0.2) is 28.0 Å². The zero-order valence-corrected chi connectivity index (χ0v) is 15.1. The topological polar surface area (TPSA) is 82.5 Å². The van der Waals surface area contributed by atoms with Gasteiger partial charge in [0.2, 0.25) is 0 Å². The number of nitrogens with zero attached hydrogens (tertiary/aromatic N) is 5. The van der Waals surface area contributed by atoms with Crippen molar-refractivity contribution in [1.82, 2.24) is 24.5 Å². The summed E-state index contributed by atoms with van der Waals surface area (Å²) in [4.78, 5) is 18.0. The first-order chi connectivity index (χ1) is 12.7. The van der Waals surface area contributed by atoms with E-state index in [0.717, 1.165) is 29.3 Å². The lowest BCUT2D eigenvalue weighted by Crippen LogP contribution is -2.00. The molecule has 0 spiro atoms. The zero-order chi connectivity index (χ0) is 17.9. The molecule has 0 aliphatic heterocycles. The highest BCUT2D eigenvalue weighted by molar-refractivity contribution is 7.99. The molecule has 4 aromatic rings. The second-order valence-corrected chi connectivity index (χ2v) is 6.92. The van der Waals surface area contributed by atoms with Crippen LogP contribution < -0.4 is 5.73 Å². The van der Waals surface area contributed by atoms with E-state index in [9.17, 15) is 0 Å². The number of hydrogen-bond donors (Lipinski definition) is 1. The molecule has 0 saturated carbocycles. The Hall–Kier alpha value is -2.93. The van der Waals surface area contributed by atoms with Gasteiger partial charge in [-0.15, -0.1) is 0 Å². The normalized spacial score (nSPS) is 11.1. The molecule has 0 bridgehead atoms. The van der Waals surface area contributed by atoms with E-state index in [0.29, 0.717) is 16.5 Å². The summed E-state index contributed by atoms with van der Waals surface area (Å²) in [5.41, 5.74) is 9.55. The van der Waals surface area contributed by atoms with E-state index in [2.05, 4.69) is 44.2 Å². The molecule has 3 heterocycles. The molecule has 26 heavy (non-hydrogen) atoms. The van der Waals surface area contributed by atoms with Crippen LogP contribution in [0.15, 0.2) is 59.9 Å². The second kappa shape index (κ2) is 7.13. The number of imidazole rings is 1. The van der Waals surface area contributed by atoms with Crippen LogP contribution in [-0.4, -0.2) is 30.3 Å². The van der Waals surface area contributed by atoms with E-state index in [1.807, 2.05) is 35.9 Å². The highest BCUT2D eigenvalue weighted by Crippen LogP contribution is 2.26. The maximum atomic E-state index is 6.14. The van der Waals surface area contributed by atoms with E-state index >= 15 is 0 Å². The van der Waals surface area contributed by atoms with Crippen LogP contribution in [0.2, 0.25) is 0 Å². The Morgan fingerprint density at radius 2 is 1.81 bits per heavy atom. The van der Waals surface area contributed by atoms with Crippen molar-refractivity contribution < 1.29 is 0 Å². The van der Waals surface area contributed by atoms with E-state index in [1.54, 1.807) is 18.0 Å². The number of benzene rings is 1. The second-order valence-electron chi connectivity index (χ2n) is 5.86. The molecule has 0 radical (unpaired) electrons. The Kier molecular flexibility index (Phi) is 4.53. The van der Waals surface area contributed by atoms with Crippen LogP contribution in [0.25, 0.3) is 22.7 Å². The lowest BCUT2D eigenvalue weighted by molar-refractivity contribution is 0.905. The fourth-order valence-corrected chi connectivity index (χ4v) is 3.59. The first kappa shape index (κ1) is 16.5. The third-order valence-electron chi connectivity index (χ3n) is 4.08. The number of anilines is 1. The molecular formula is C19H18N6S. The molecule has 0 fully saturated rings. The number of aromatic nitrogens is 5. The Labute approximate surface area is 155 Å². The molecule has 6 nitrogen and oxygen atoms in total. The molecule has 0 saturated heterocycles. The number of fused-ring (bicyclic) bond motifs is 1. The molecule has 0 aliphatic carbocycles. The predicted molar refractivity (Wildman–Crippen MR) is 105 cm³/mol. The van der Waals surface area contributed by atoms with Crippen LogP contribution in [0, 0.1) is 0 Å². The molecule has 7 heteroatoms. The number of nitrogen functional groups attached to an aromatic ring is 1. The third kappa shape index (κ3) is 3.25. The predicted octanol–water partition coefficient (Wildman–Crippen LogP) is 3.34. The molecule has 0 atom stereocenters. The SMILES string of the molecule is Cn1c(-c2ccccn2)nc2c(N)nc(SCCc3ccccc3)nc21. The largest absolute Gasteiger partial charge is 0.382 e. The van der Waals surface area contributed by atoms with Gasteiger partial charge in [0, 0.05) is 19.0 Å². The maximum absolute atomic E-state index is 6.14. The highest BCUT2D eigenvalue weighted by atomic mass is 32.2. The van der Waals surface area contributed by atoms with Crippen molar-refractivity contribution in [3.63, 3.8) is 0 Å². The highest BCUT2D eigenvalue weighted by Gasteiger charge is 2.16. The summed E-state index contributed by atoms with van der Waals surface area (Å²) in [5, 5.41) is 0.668. The molecule has 4 rings (SSSR count). The Morgan fingerprint density at radius 3 is 2.58 bits per heavy atom. The van der Waals surface area contributed by atoms with E-state index in [1.165, 1.54) is 5.56 Å². The van der Waals surface area contributed by atoms with Crippen LogP contribution in [0.5, 0.6) is 0 Å². The average Bonchev–Trinajstić information content (AvgIpc) is 3.01. The minimum Gasteiger partial charge on any atom is -0.382 e. The zero-order valence-electron chi connectivity index (χ0n) is 14.3. The fourth-order valence-electron chi connectivity index (χ4n) is 2.75. The molecule has 3 aromatic heterocycles. The van der Waals surface area contributed by atoms with Gasteiger partial charge in [-0.05, 0) is 24.1 Å². The maximum Gasteiger partial charge on any atom is 0.191 e. The Morgan fingerprint density at radius 1 is 1.00 bits per heavy atom. The van der Waals surface area contributed by atoms with Crippen molar-refractivity contribution in [3.05, 3.63) is 60.3 Å². The molecule has 0 unspecified atom stereocenters. The summed E-state index contributed by atoms with van der Waals surface area (Å²) in [6.45, 7) is 0. The molecule has 2 N–H and O–H groups in total. The third-order valence-corrected chi connectivity index (χ3v) is 4.93. The van der Waals surface area contributed by atoms with Gasteiger partial charge in [-0.2, -0.15) is 0 Å². The summed E-state index contributed by atoms with van der Waals surface area (Å²) in [6, 6.07) is 16.1. The van der Waals surface area contributed by atoms with Crippen molar-refractivity contribution in [2.45, 2.75) is 11.6 Å². The van der Waals surface area contributed by atoms with E-state index in [4.69, 9.17) is 5.73 Å². The van der Waals surface area contributed by atoms with Crippen LogP contribution in [0.4, 0.5) is 5.82 Å². The first-order valence-electron chi connectivity index (χ1n) is 8.30. The smallest absolute Gasteiger partial charge is 0.191 e. The number of hydrogen-bond acceptors (Lipinski definition) is 6. The van der Waals surface area contributed by atoms with Gasteiger partial charge in [0.25, 0.3) is 0 Å². The lowest BCUT2D eigenvalue weighted by Gasteiger charge is -2.04. The molecule has 1 aromatic carbocycles. The fraction of sp³-hybridized carbons (Fsp3) is 0.158. The van der Waals surface area contributed by atoms with Crippen molar-refractivity contribution in [1.29, 1.82) is 0 Å². The number of thioether (sulfide) groups is 1. The summed E-state index contributed by atoms with van der Waals surface area (Å²) in [6.07, 6.45) is 2.70. The standard InChI is InChI=1S/C19H18N6S/c1-25-17(14-9-5-6-11-21-14)22-15-16(20)23-19(24-18(15)25)26-12-10-13-7-3-2-4-8-13/h2-9,11H,10,12H2,1H3,(H2,20,23,24). The van der Waals surface area contributed by atoms with Crippen LogP contribution >= 0.6 is 11.8 Å². The van der Waals surface area contributed by atoms with E-state index in [-0.39, 0.29) is 0 Å². The lowest BCUT2D eigenvalue weighted by atomic mass is 10.2. The van der Waals surface area contributed by atoms with Gasteiger partial charge < -0.3 is 10.3 Å². The minimum absolute atomic E-state index is 0.398. The molecule has 0 amide bonds. The number of pyridine rings is 1. The number of aryl methyl sites for hydroxylation is 2. The quantitative estimate of drug-likeness (QED) is 0.433. The van der Waals surface area contributed by atoms with Gasteiger partial charge >= 0.3 is 0 Å². The van der Waals surface area contributed by atoms with Gasteiger partial charge in [-0.1, -0.05) is 48.2 Å². The van der Waals surface area contributed by atoms with Crippen LogP contribution in [0.3, 0.4) is 0 Å². The average molecular weight is 362 g/mol. The summed E-state index contributed by atoms with van der Waals surface area (Å²) in [7, 11) is 1.92. The Balaban J connectivity index is 1.60. The van der Waals surface area contributed by atoms with Gasteiger partial charge in [0.05, 0.1) is 0 Å². The molecular weight excluding hydrogens is 344 g/mol. The Bertz CT molecular complexity index is 1030. The van der Waals surface area contributed by atoms with Crippen LogP contribution in [0.1, 0.15) is 5.56 Å². The summed E-state index contributed by atoms with van der Waals surface area (Å²) < 4.78 is 1.91. The van der Waals surface area contributed by atoms with Crippen molar-refractivity contribution in [2.24, 2.45) is 7.05 Å². The molecule has 130 valence electrons. The van der Waals surface area contributed by atoms with Crippen molar-refractivity contribution in [3.8, 4) is 11.5 Å². The molecule has 0 aliphatic rings. The van der Waals surface area contributed by atoms with Gasteiger partial charge in [-0.3, -0.25) is 4.98 Å². The summed E-state index contributed by atoms with van der Waals surface area (Å²) in [5.74, 6) is 2.02. The first-order valence-corrected chi connectivity index (χ1v) is 9.29. The monoisotopic (exact) mass is 362 g/mol.